The van der Waals surface area contributed by atoms with Crippen LogP contribution in [0, 0.1) is 0 Å². The van der Waals surface area contributed by atoms with Crippen LogP contribution in [-0.4, -0.2) is 56.4 Å². The Morgan fingerprint density at radius 2 is 2.13 bits per heavy atom. The molecule has 0 aromatic carbocycles. The van der Waals surface area contributed by atoms with E-state index < -0.39 is 6.43 Å². The van der Waals surface area contributed by atoms with E-state index in [1.54, 1.807) is 6.20 Å². The molecule has 0 spiro atoms. The van der Waals surface area contributed by atoms with Crippen LogP contribution in [-0.2, 0) is 32.7 Å². The van der Waals surface area contributed by atoms with Gasteiger partial charge >= 0.3 is 0 Å². The lowest BCUT2D eigenvalue weighted by Crippen LogP contribution is -2.34. The summed E-state index contributed by atoms with van der Waals surface area (Å²) < 4.78 is 28.1. The first-order chi connectivity index (χ1) is 11.0. The molecule has 2 aromatic rings. The standard InChI is InChI=1S/C15H22F2N6/c1-20(2)8-12-7-18-23-6-5-21(10-14(12)23)9-13-3-4-22(19-13)11-15(16)17/h3-4,7,15H,5-6,8-11H2,1-2H3. The van der Waals surface area contributed by atoms with Crippen LogP contribution in [0.1, 0.15) is 17.0 Å². The molecule has 0 atom stereocenters. The zero-order valence-corrected chi connectivity index (χ0v) is 13.5. The summed E-state index contributed by atoms with van der Waals surface area (Å²) in [7, 11) is 4.08. The van der Waals surface area contributed by atoms with Crippen molar-refractivity contribution in [2.75, 3.05) is 20.6 Å². The maximum Gasteiger partial charge on any atom is 0.257 e. The predicted octanol–water partition coefficient (Wildman–Crippen LogP) is 1.42. The van der Waals surface area contributed by atoms with Gasteiger partial charge in [-0.2, -0.15) is 10.2 Å². The molecule has 0 radical (unpaired) electrons. The Morgan fingerprint density at radius 1 is 1.30 bits per heavy atom. The predicted molar refractivity (Wildman–Crippen MR) is 82.0 cm³/mol. The highest BCUT2D eigenvalue weighted by Gasteiger charge is 2.21. The third kappa shape index (κ3) is 3.94. The molecule has 0 fully saturated rings. The molecule has 126 valence electrons. The Morgan fingerprint density at radius 3 is 2.87 bits per heavy atom. The molecule has 2 aromatic heterocycles. The van der Waals surface area contributed by atoms with Crippen molar-refractivity contribution in [3.05, 3.63) is 35.4 Å². The summed E-state index contributed by atoms with van der Waals surface area (Å²) in [4.78, 5) is 4.41. The third-order valence-electron chi connectivity index (χ3n) is 3.93. The molecule has 0 unspecified atom stereocenters. The summed E-state index contributed by atoms with van der Waals surface area (Å²) >= 11 is 0. The van der Waals surface area contributed by atoms with Crippen molar-refractivity contribution in [3.8, 4) is 0 Å². The fraction of sp³-hybridized carbons (Fsp3) is 0.600. The van der Waals surface area contributed by atoms with Gasteiger partial charge in [0.25, 0.3) is 6.43 Å². The Bertz CT molecular complexity index is 648. The summed E-state index contributed by atoms with van der Waals surface area (Å²) in [6, 6.07) is 1.81. The smallest absolute Gasteiger partial charge is 0.257 e. The Labute approximate surface area is 134 Å². The molecule has 0 N–H and O–H groups in total. The molecule has 0 amide bonds. The van der Waals surface area contributed by atoms with E-state index in [1.165, 1.54) is 15.9 Å². The molecule has 23 heavy (non-hydrogen) atoms. The van der Waals surface area contributed by atoms with Crippen LogP contribution in [0.4, 0.5) is 8.78 Å². The number of alkyl halides is 2. The molecule has 8 heteroatoms. The number of hydrogen-bond acceptors (Lipinski definition) is 4. The molecule has 0 aliphatic carbocycles. The number of nitrogens with zero attached hydrogens (tertiary/aromatic N) is 6. The fourth-order valence-corrected chi connectivity index (χ4v) is 2.92. The van der Waals surface area contributed by atoms with Gasteiger partial charge in [-0.1, -0.05) is 0 Å². The zero-order chi connectivity index (χ0) is 16.4. The summed E-state index contributed by atoms with van der Waals surface area (Å²) in [5, 5.41) is 8.67. The van der Waals surface area contributed by atoms with E-state index in [-0.39, 0.29) is 6.54 Å². The number of halogens is 2. The van der Waals surface area contributed by atoms with Crippen LogP contribution in [0.3, 0.4) is 0 Å². The largest absolute Gasteiger partial charge is 0.305 e. The normalized spacial score (nSPS) is 15.6. The molecular formula is C15H22F2N6. The molecule has 1 aliphatic heterocycles. The first-order valence-electron chi connectivity index (χ1n) is 7.72. The maximum atomic E-state index is 12.4. The van der Waals surface area contributed by atoms with Gasteiger partial charge in [0.2, 0.25) is 0 Å². The van der Waals surface area contributed by atoms with Crippen molar-refractivity contribution in [1.29, 1.82) is 0 Å². The van der Waals surface area contributed by atoms with Crippen LogP contribution in [0.2, 0.25) is 0 Å². The van der Waals surface area contributed by atoms with Gasteiger partial charge in [0.15, 0.2) is 0 Å². The van der Waals surface area contributed by atoms with Crippen LogP contribution >= 0.6 is 0 Å². The van der Waals surface area contributed by atoms with Gasteiger partial charge < -0.3 is 4.90 Å². The summed E-state index contributed by atoms with van der Waals surface area (Å²) in [6.45, 7) is 3.73. The number of fused-ring (bicyclic) bond motifs is 1. The highest BCUT2D eigenvalue weighted by molar-refractivity contribution is 5.19. The average Bonchev–Trinajstić information content (AvgIpc) is 3.05. The lowest BCUT2D eigenvalue weighted by Gasteiger charge is -2.28. The highest BCUT2D eigenvalue weighted by atomic mass is 19.3. The van der Waals surface area contributed by atoms with Crippen LogP contribution in [0.25, 0.3) is 0 Å². The molecule has 6 nitrogen and oxygen atoms in total. The van der Waals surface area contributed by atoms with E-state index in [0.717, 1.165) is 31.9 Å². The first-order valence-corrected chi connectivity index (χ1v) is 7.72. The molecule has 0 saturated heterocycles. The minimum absolute atomic E-state index is 0.347. The lowest BCUT2D eigenvalue weighted by atomic mass is 10.2. The molecular weight excluding hydrogens is 302 g/mol. The van der Waals surface area contributed by atoms with E-state index in [2.05, 4.69) is 24.7 Å². The third-order valence-corrected chi connectivity index (χ3v) is 3.93. The summed E-state index contributed by atoms with van der Waals surface area (Å²) in [5.74, 6) is 0. The highest BCUT2D eigenvalue weighted by Crippen LogP contribution is 2.19. The van der Waals surface area contributed by atoms with Crippen molar-refractivity contribution in [2.24, 2.45) is 0 Å². The summed E-state index contributed by atoms with van der Waals surface area (Å²) in [5.41, 5.74) is 3.30. The van der Waals surface area contributed by atoms with Crippen molar-refractivity contribution >= 4 is 0 Å². The number of aromatic nitrogens is 4. The van der Waals surface area contributed by atoms with E-state index in [0.29, 0.717) is 6.54 Å². The monoisotopic (exact) mass is 324 g/mol. The fourth-order valence-electron chi connectivity index (χ4n) is 2.92. The van der Waals surface area contributed by atoms with E-state index >= 15 is 0 Å². The van der Waals surface area contributed by atoms with Crippen molar-refractivity contribution in [2.45, 2.75) is 39.1 Å². The molecule has 3 heterocycles. The van der Waals surface area contributed by atoms with Crippen molar-refractivity contribution in [1.82, 2.24) is 29.4 Å². The molecule has 3 rings (SSSR count). The quantitative estimate of drug-likeness (QED) is 0.806. The molecule has 0 bridgehead atoms. The lowest BCUT2D eigenvalue weighted by molar-refractivity contribution is 0.121. The topological polar surface area (TPSA) is 42.1 Å². The van der Waals surface area contributed by atoms with Gasteiger partial charge in [0.1, 0.15) is 6.54 Å². The van der Waals surface area contributed by atoms with Gasteiger partial charge in [0, 0.05) is 37.9 Å². The van der Waals surface area contributed by atoms with Crippen LogP contribution in [0.5, 0.6) is 0 Å². The Balaban J connectivity index is 1.65. The average molecular weight is 324 g/mol. The second kappa shape index (κ2) is 6.76. The van der Waals surface area contributed by atoms with Gasteiger partial charge in [-0.15, -0.1) is 0 Å². The molecule has 0 saturated carbocycles. The van der Waals surface area contributed by atoms with Crippen LogP contribution < -0.4 is 0 Å². The van der Waals surface area contributed by atoms with Gasteiger partial charge in [-0.3, -0.25) is 14.3 Å². The van der Waals surface area contributed by atoms with E-state index in [4.69, 9.17) is 0 Å². The van der Waals surface area contributed by atoms with Crippen molar-refractivity contribution < 1.29 is 8.78 Å². The maximum absolute atomic E-state index is 12.4. The van der Waals surface area contributed by atoms with E-state index in [9.17, 15) is 8.78 Å². The Kier molecular flexibility index (Phi) is 4.72. The minimum Gasteiger partial charge on any atom is -0.305 e. The molecule has 1 aliphatic rings. The number of rotatable bonds is 6. The number of hydrogen-bond donors (Lipinski definition) is 0. The first kappa shape index (κ1) is 16.1. The minimum atomic E-state index is -2.37. The van der Waals surface area contributed by atoms with Crippen molar-refractivity contribution in [3.63, 3.8) is 0 Å². The van der Waals surface area contributed by atoms with Crippen LogP contribution in [0.15, 0.2) is 18.5 Å². The second-order valence-corrected chi connectivity index (χ2v) is 6.21. The van der Waals surface area contributed by atoms with Gasteiger partial charge in [-0.25, -0.2) is 8.78 Å². The van der Waals surface area contributed by atoms with Gasteiger partial charge in [0.05, 0.1) is 24.1 Å². The summed E-state index contributed by atoms with van der Waals surface area (Å²) in [6.07, 6.45) is 1.18. The van der Waals surface area contributed by atoms with Gasteiger partial charge in [-0.05, 0) is 20.2 Å². The zero-order valence-electron chi connectivity index (χ0n) is 13.5. The Hall–Kier alpha value is -1.80. The van der Waals surface area contributed by atoms with E-state index in [1.807, 2.05) is 26.4 Å². The SMILES string of the molecule is CN(C)Cc1cnn2c1CN(Cc1ccn(CC(F)F)n1)CC2. The second-order valence-electron chi connectivity index (χ2n) is 6.21.